The Hall–Kier alpha value is 0.0469. The third kappa shape index (κ3) is 5.79. The number of hydrogen-bond acceptors (Lipinski definition) is 3. The summed E-state index contributed by atoms with van der Waals surface area (Å²) in [4.78, 5) is 0. The fourth-order valence-corrected chi connectivity index (χ4v) is 4.46. The Morgan fingerprint density at radius 3 is 2.61 bits per heavy atom. The summed E-state index contributed by atoms with van der Waals surface area (Å²) in [5.74, 6) is 0. The molecule has 1 atom stereocenters. The predicted octanol–water partition coefficient (Wildman–Crippen LogP) is 1.27. The monoisotopic (exact) mass is 294 g/mol. The molecule has 1 heterocycles. The van der Waals surface area contributed by atoms with Crippen molar-refractivity contribution < 1.29 is 13.2 Å². The lowest BCUT2D eigenvalue weighted by Gasteiger charge is -2.30. The minimum atomic E-state index is -3.32. The van der Waals surface area contributed by atoms with E-state index in [1.54, 1.807) is 0 Å². The average molecular weight is 294 g/mol. The van der Waals surface area contributed by atoms with Gasteiger partial charge in [0.25, 0.3) is 10.2 Å². The van der Waals surface area contributed by atoms with Crippen LogP contribution in [0.3, 0.4) is 0 Å². The van der Waals surface area contributed by atoms with Crippen LogP contribution in [-0.4, -0.2) is 53.1 Å². The van der Waals surface area contributed by atoms with Crippen LogP contribution < -0.4 is 4.72 Å². The van der Waals surface area contributed by atoms with E-state index >= 15 is 0 Å². The van der Waals surface area contributed by atoms with Gasteiger partial charge in [0.05, 0.1) is 12.7 Å². The molecule has 0 aliphatic carbocycles. The number of ether oxygens (including phenoxy) is 1. The number of nitrogens with zero attached hydrogens (tertiary/aromatic N) is 1. The van der Waals surface area contributed by atoms with Crippen LogP contribution in [0.25, 0.3) is 0 Å². The first-order valence-corrected chi connectivity index (χ1v) is 11.7. The summed E-state index contributed by atoms with van der Waals surface area (Å²) in [7, 11) is -4.39. The van der Waals surface area contributed by atoms with Gasteiger partial charge in [-0.05, 0) is 13.3 Å². The van der Waals surface area contributed by atoms with Gasteiger partial charge >= 0.3 is 0 Å². The van der Waals surface area contributed by atoms with Crippen LogP contribution in [0.5, 0.6) is 0 Å². The van der Waals surface area contributed by atoms with Gasteiger partial charge in [-0.25, -0.2) is 4.72 Å². The predicted molar refractivity (Wildman–Crippen MR) is 76.7 cm³/mol. The third-order valence-electron chi connectivity index (χ3n) is 2.93. The first-order valence-electron chi connectivity index (χ1n) is 6.57. The topological polar surface area (TPSA) is 58.6 Å². The first-order chi connectivity index (χ1) is 8.21. The van der Waals surface area contributed by atoms with Crippen molar-refractivity contribution in [3.63, 3.8) is 0 Å². The van der Waals surface area contributed by atoms with Gasteiger partial charge in [-0.15, -0.1) is 0 Å². The molecule has 0 unspecified atom stereocenters. The van der Waals surface area contributed by atoms with E-state index in [2.05, 4.69) is 24.4 Å². The van der Waals surface area contributed by atoms with Crippen LogP contribution in [0.1, 0.15) is 13.3 Å². The maximum atomic E-state index is 12.0. The molecule has 0 aromatic heterocycles. The Morgan fingerprint density at radius 1 is 1.39 bits per heavy atom. The van der Waals surface area contributed by atoms with Crippen molar-refractivity contribution in [2.45, 2.75) is 45.1 Å². The highest BCUT2D eigenvalue weighted by molar-refractivity contribution is 7.87. The second kappa shape index (κ2) is 6.47. The molecule has 1 fully saturated rings. The molecule has 0 spiro atoms. The summed E-state index contributed by atoms with van der Waals surface area (Å²) in [5, 5.41) is 0. The van der Waals surface area contributed by atoms with E-state index in [-0.39, 0.29) is 6.10 Å². The zero-order valence-electron chi connectivity index (χ0n) is 11.9. The van der Waals surface area contributed by atoms with Crippen LogP contribution in [0.2, 0.25) is 25.7 Å². The molecule has 0 radical (unpaired) electrons. The molecule has 1 aliphatic rings. The summed E-state index contributed by atoms with van der Waals surface area (Å²) in [5.41, 5.74) is 0. The van der Waals surface area contributed by atoms with E-state index in [1.165, 1.54) is 4.31 Å². The second-order valence-electron chi connectivity index (χ2n) is 6.10. The standard InChI is InChI=1S/C11H26N2O3SSi/c1-11-10-13(7-8-16-11)17(14,15)12-6-5-9-18(2,3)4/h11-12H,5-10H2,1-4H3/t11-/m0/s1. The van der Waals surface area contributed by atoms with E-state index < -0.39 is 18.3 Å². The van der Waals surface area contributed by atoms with Crippen molar-refractivity contribution in [1.82, 2.24) is 9.03 Å². The molecule has 1 rings (SSSR count). The maximum Gasteiger partial charge on any atom is 0.279 e. The van der Waals surface area contributed by atoms with Gasteiger partial charge in [-0.3, -0.25) is 0 Å². The van der Waals surface area contributed by atoms with E-state index in [9.17, 15) is 8.42 Å². The van der Waals surface area contributed by atoms with Crippen LogP contribution in [0.15, 0.2) is 0 Å². The molecule has 108 valence electrons. The van der Waals surface area contributed by atoms with Crippen LogP contribution in [-0.2, 0) is 14.9 Å². The SMILES string of the molecule is C[C@H]1CN(S(=O)(=O)NCCC[Si](C)(C)C)CCO1. The maximum absolute atomic E-state index is 12.0. The lowest BCUT2D eigenvalue weighted by atomic mass is 10.3. The van der Waals surface area contributed by atoms with Gasteiger partial charge in [-0.1, -0.05) is 25.7 Å². The normalized spacial score (nSPS) is 23.2. The molecule has 1 aliphatic heterocycles. The van der Waals surface area contributed by atoms with Crippen molar-refractivity contribution in [3.05, 3.63) is 0 Å². The molecule has 0 saturated carbocycles. The summed E-state index contributed by atoms with van der Waals surface area (Å²) in [6, 6.07) is 1.15. The van der Waals surface area contributed by atoms with E-state index in [1.807, 2.05) is 6.92 Å². The lowest BCUT2D eigenvalue weighted by molar-refractivity contribution is 0.00978. The molecule has 0 amide bonds. The molecule has 5 nitrogen and oxygen atoms in total. The van der Waals surface area contributed by atoms with Gasteiger partial charge in [0.1, 0.15) is 0 Å². The van der Waals surface area contributed by atoms with Crippen molar-refractivity contribution in [3.8, 4) is 0 Å². The van der Waals surface area contributed by atoms with Gasteiger partial charge < -0.3 is 4.74 Å². The number of morpholine rings is 1. The number of rotatable bonds is 6. The Balaban J connectivity index is 2.35. The average Bonchev–Trinajstić information content (AvgIpc) is 2.23. The third-order valence-corrected chi connectivity index (χ3v) is 6.37. The minimum Gasteiger partial charge on any atom is -0.376 e. The molecule has 18 heavy (non-hydrogen) atoms. The zero-order chi connectivity index (χ0) is 13.8. The van der Waals surface area contributed by atoms with Crippen LogP contribution >= 0.6 is 0 Å². The van der Waals surface area contributed by atoms with Gasteiger partial charge in [0.2, 0.25) is 0 Å². The molecular weight excluding hydrogens is 268 g/mol. The van der Waals surface area contributed by atoms with Crippen LogP contribution in [0, 0.1) is 0 Å². The Labute approximate surface area is 112 Å². The van der Waals surface area contributed by atoms with E-state index in [0.717, 1.165) is 12.5 Å². The Kier molecular flexibility index (Phi) is 5.79. The number of hydrogen-bond donors (Lipinski definition) is 1. The molecule has 0 aromatic rings. The Morgan fingerprint density at radius 2 is 2.06 bits per heavy atom. The second-order valence-corrected chi connectivity index (χ2v) is 13.5. The van der Waals surface area contributed by atoms with E-state index in [0.29, 0.717) is 26.2 Å². The fraction of sp³-hybridized carbons (Fsp3) is 1.00. The Bertz CT molecular complexity index is 354. The molecule has 0 bridgehead atoms. The molecule has 7 heteroatoms. The largest absolute Gasteiger partial charge is 0.376 e. The first kappa shape index (κ1) is 16.1. The van der Waals surface area contributed by atoms with E-state index in [4.69, 9.17) is 4.74 Å². The van der Waals surface area contributed by atoms with Crippen molar-refractivity contribution in [2.75, 3.05) is 26.2 Å². The smallest absolute Gasteiger partial charge is 0.279 e. The summed E-state index contributed by atoms with van der Waals surface area (Å²) in [6.45, 7) is 10.7. The molecule has 1 N–H and O–H groups in total. The summed E-state index contributed by atoms with van der Waals surface area (Å²) in [6.07, 6.45) is 0.909. The fourth-order valence-electron chi connectivity index (χ4n) is 1.92. The lowest BCUT2D eigenvalue weighted by Crippen LogP contribution is -2.49. The number of nitrogens with one attached hydrogen (secondary N) is 1. The highest BCUT2D eigenvalue weighted by atomic mass is 32.2. The van der Waals surface area contributed by atoms with Gasteiger partial charge in [0.15, 0.2) is 0 Å². The minimum absolute atomic E-state index is 0.0164. The van der Waals surface area contributed by atoms with Crippen molar-refractivity contribution in [2.24, 2.45) is 0 Å². The molecular formula is C11H26N2O3SSi. The molecule has 1 saturated heterocycles. The molecule has 0 aromatic carbocycles. The quantitative estimate of drug-likeness (QED) is 0.593. The van der Waals surface area contributed by atoms with Gasteiger partial charge in [-0.2, -0.15) is 12.7 Å². The highest BCUT2D eigenvalue weighted by Crippen LogP contribution is 2.11. The summed E-state index contributed by atoms with van der Waals surface area (Å²) < 4.78 is 33.6. The van der Waals surface area contributed by atoms with Crippen LogP contribution in [0.4, 0.5) is 0 Å². The summed E-state index contributed by atoms with van der Waals surface area (Å²) >= 11 is 0. The van der Waals surface area contributed by atoms with Crippen molar-refractivity contribution in [1.29, 1.82) is 0 Å². The van der Waals surface area contributed by atoms with Gasteiger partial charge in [0, 0.05) is 27.7 Å². The zero-order valence-corrected chi connectivity index (χ0v) is 13.7. The highest BCUT2D eigenvalue weighted by Gasteiger charge is 2.27. The van der Waals surface area contributed by atoms with Crippen molar-refractivity contribution >= 4 is 18.3 Å².